The van der Waals surface area contributed by atoms with Crippen molar-refractivity contribution in [2.75, 3.05) is 0 Å². The smallest absolute Gasteiger partial charge is 0.268 e. The molecule has 3 aromatic rings. The van der Waals surface area contributed by atoms with Crippen molar-refractivity contribution in [3.05, 3.63) is 46.4 Å². The maximum atomic E-state index is 12.9. The molecule has 0 aliphatic rings. The van der Waals surface area contributed by atoms with Gasteiger partial charge < -0.3 is 0 Å². The van der Waals surface area contributed by atoms with Gasteiger partial charge in [-0.15, -0.1) is 0 Å². The Labute approximate surface area is 128 Å². The number of nitrogens with zero attached hydrogens (tertiary/aromatic N) is 4. The summed E-state index contributed by atoms with van der Waals surface area (Å²) in [5.41, 5.74) is 2.21. The SMILES string of the molecule is CCC(C)Cc1nc2[nH]ncc2c(=O)n1-c1cnccc1C. The average molecular weight is 297 g/mol. The van der Waals surface area contributed by atoms with Crippen LogP contribution in [-0.2, 0) is 6.42 Å². The molecule has 0 saturated carbocycles. The van der Waals surface area contributed by atoms with Gasteiger partial charge in [0, 0.05) is 12.6 Å². The third-order valence-electron chi connectivity index (χ3n) is 4.03. The molecule has 0 bridgehead atoms. The molecule has 0 aliphatic carbocycles. The van der Waals surface area contributed by atoms with Gasteiger partial charge in [0.25, 0.3) is 5.56 Å². The fraction of sp³-hybridized carbons (Fsp3) is 0.375. The summed E-state index contributed by atoms with van der Waals surface area (Å²) in [4.78, 5) is 21.6. The lowest BCUT2D eigenvalue weighted by Crippen LogP contribution is -2.25. The zero-order valence-corrected chi connectivity index (χ0v) is 13.0. The van der Waals surface area contributed by atoms with Gasteiger partial charge in [-0.2, -0.15) is 5.10 Å². The van der Waals surface area contributed by atoms with Gasteiger partial charge in [0.15, 0.2) is 5.65 Å². The number of aromatic amines is 1. The Bertz CT molecular complexity index is 864. The average Bonchev–Trinajstić information content (AvgIpc) is 2.97. The zero-order valence-electron chi connectivity index (χ0n) is 13.0. The third-order valence-corrected chi connectivity index (χ3v) is 4.03. The second-order valence-electron chi connectivity index (χ2n) is 5.68. The van der Waals surface area contributed by atoms with E-state index in [-0.39, 0.29) is 5.56 Å². The Balaban J connectivity index is 2.30. The first-order valence-corrected chi connectivity index (χ1v) is 7.47. The van der Waals surface area contributed by atoms with Gasteiger partial charge in [-0.25, -0.2) is 4.98 Å². The molecule has 6 heteroatoms. The minimum atomic E-state index is -0.104. The van der Waals surface area contributed by atoms with Crippen molar-refractivity contribution in [2.45, 2.75) is 33.6 Å². The van der Waals surface area contributed by atoms with E-state index in [1.165, 1.54) is 6.20 Å². The van der Waals surface area contributed by atoms with Crippen molar-refractivity contribution in [1.29, 1.82) is 0 Å². The van der Waals surface area contributed by atoms with E-state index in [1.807, 2.05) is 13.0 Å². The standard InChI is InChI=1S/C16H19N5O/c1-4-10(2)7-14-19-15-12(8-18-20-15)16(22)21(14)13-9-17-6-5-11(13)3/h5-6,8-10H,4,7H2,1-3H3,(H,18,20). The number of pyridine rings is 1. The van der Waals surface area contributed by atoms with Crippen LogP contribution >= 0.6 is 0 Å². The van der Waals surface area contributed by atoms with E-state index in [1.54, 1.807) is 17.0 Å². The molecule has 3 aromatic heterocycles. The maximum absolute atomic E-state index is 12.9. The lowest BCUT2D eigenvalue weighted by atomic mass is 10.0. The summed E-state index contributed by atoms with van der Waals surface area (Å²) in [5.74, 6) is 1.18. The van der Waals surface area contributed by atoms with E-state index in [0.29, 0.717) is 17.0 Å². The fourth-order valence-corrected chi connectivity index (χ4v) is 2.47. The van der Waals surface area contributed by atoms with Gasteiger partial charge in [-0.3, -0.25) is 19.4 Å². The Morgan fingerprint density at radius 1 is 1.36 bits per heavy atom. The van der Waals surface area contributed by atoms with Crippen LogP contribution in [0.5, 0.6) is 0 Å². The Kier molecular flexibility index (Phi) is 3.75. The van der Waals surface area contributed by atoms with Crippen LogP contribution in [0, 0.1) is 12.8 Å². The predicted molar refractivity (Wildman–Crippen MR) is 85.2 cm³/mol. The van der Waals surface area contributed by atoms with Crippen LogP contribution in [0.3, 0.4) is 0 Å². The Morgan fingerprint density at radius 2 is 2.18 bits per heavy atom. The summed E-state index contributed by atoms with van der Waals surface area (Å²) in [7, 11) is 0. The molecule has 0 aliphatic heterocycles. The fourth-order valence-electron chi connectivity index (χ4n) is 2.47. The molecule has 3 heterocycles. The molecule has 0 aromatic carbocycles. The highest BCUT2D eigenvalue weighted by atomic mass is 16.1. The van der Waals surface area contributed by atoms with Crippen LogP contribution < -0.4 is 5.56 Å². The summed E-state index contributed by atoms with van der Waals surface area (Å²) in [5, 5.41) is 7.24. The van der Waals surface area contributed by atoms with E-state index in [0.717, 1.165) is 29.9 Å². The largest absolute Gasteiger partial charge is 0.269 e. The highest BCUT2D eigenvalue weighted by Gasteiger charge is 2.17. The molecule has 0 spiro atoms. The van der Waals surface area contributed by atoms with Gasteiger partial charge in [0.2, 0.25) is 0 Å². The normalized spacial score (nSPS) is 12.7. The van der Waals surface area contributed by atoms with Crippen molar-refractivity contribution < 1.29 is 0 Å². The van der Waals surface area contributed by atoms with Gasteiger partial charge >= 0.3 is 0 Å². The molecular weight excluding hydrogens is 278 g/mol. The lowest BCUT2D eigenvalue weighted by Gasteiger charge is -2.16. The summed E-state index contributed by atoms with van der Waals surface area (Å²) < 4.78 is 1.67. The molecule has 1 atom stereocenters. The number of aryl methyl sites for hydroxylation is 1. The van der Waals surface area contributed by atoms with Crippen LogP contribution in [0.15, 0.2) is 29.5 Å². The van der Waals surface area contributed by atoms with E-state index < -0.39 is 0 Å². The first-order chi connectivity index (χ1) is 10.6. The van der Waals surface area contributed by atoms with Crippen molar-refractivity contribution >= 4 is 11.0 Å². The number of fused-ring (bicyclic) bond motifs is 1. The molecule has 6 nitrogen and oxygen atoms in total. The van der Waals surface area contributed by atoms with Crippen molar-refractivity contribution in [3.8, 4) is 5.69 Å². The van der Waals surface area contributed by atoms with Gasteiger partial charge in [0.1, 0.15) is 11.2 Å². The Hall–Kier alpha value is -2.50. The van der Waals surface area contributed by atoms with Crippen LogP contribution in [0.1, 0.15) is 31.7 Å². The number of rotatable bonds is 4. The molecule has 1 unspecified atom stereocenters. The molecule has 0 saturated heterocycles. The van der Waals surface area contributed by atoms with Crippen LogP contribution in [0.4, 0.5) is 0 Å². The highest BCUT2D eigenvalue weighted by molar-refractivity contribution is 5.73. The summed E-state index contributed by atoms with van der Waals surface area (Å²) in [6.07, 6.45) is 6.73. The minimum absolute atomic E-state index is 0.104. The molecule has 22 heavy (non-hydrogen) atoms. The first-order valence-electron chi connectivity index (χ1n) is 7.47. The monoisotopic (exact) mass is 297 g/mol. The van der Waals surface area contributed by atoms with E-state index in [9.17, 15) is 4.79 Å². The quantitative estimate of drug-likeness (QED) is 0.802. The number of hydrogen-bond acceptors (Lipinski definition) is 4. The first kappa shape index (κ1) is 14.4. The molecule has 3 rings (SSSR count). The van der Waals surface area contributed by atoms with Crippen molar-refractivity contribution in [3.63, 3.8) is 0 Å². The second-order valence-corrected chi connectivity index (χ2v) is 5.68. The predicted octanol–water partition coefficient (Wildman–Crippen LogP) is 2.40. The Morgan fingerprint density at radius 3 is 2.91 bits per heavy atom. The molecule has 0 radical (unpaired) electrons. The number of hydrogen-bond donors (Lipinski definition) is 1. The molecule has 1 N–H and O–H groups in total. The zero-order chi connectivity index (χ0) is 15.7. The summed E-state index contributed by atoms with van der Waals surface area (Å²) in [6.45, 7) is 6.26. The van der Waals surface area contributed by atoms with Gasteiger partial charge in [-0.05, 0) is 24.5 Å². The molecular formula is C16H19N5O. The number of aromatic nitrogens is 5. The molecule has 114 valence electrons. The van der Waals surface area contributed by atoms with E-state index >= 15 is 0 Å². The van der Waals surface area contributed by atoms with Crippen LogP contribution in [0.2, 0.25) is 0 Å². The minimum Gasteiger partial charge on any atom is -0.268 e. The lowest BCUT2D eigenvalue weighted by molar-refractivity contribution is 0.534. The van der Waals surface area contributed by atoms with Gasteiger partial charge in [-0.1, -0.05) is 20.3 Å². The third kappa shape index (κ3) is 2.41. The number of H-pyrrole nitrogens is 1. The summed E-state index contributed by atoms with van der Waals surface area (Å²) >= 11 is 0. The maximum Gasteiger partial charge on any atom is 0.269 e. The molecule has 0 fully saturated rings. The van der Waals surface area contributed by atoms with Gasteiger partial charge in [0.05, 0.1) is 18.1 Å². The topological polar surface area (TPSA) is 76.5 Å². The highest BCUT2D eigenvalue weighted by Crippen LogP contribution is 2.17. The number of nitrogens with one attached hydrogen (secondary N) is 1. The summed E-state index contributed by atoms with van der Waals surface area (Å²) in [6, 6.07) is 1.90. The van der Waals surface area contributed by atoms with Crippen molar-refractivity contribution in [2.24, 2.45) is 5.92 Å². The van der Waals surface area contributed by atoms with E-state index in [4.69, 9.17) is 0 Å². The van der Waals surface area contributed by atoms with Crippen molar-refractivity contribution in [1.82, 2.24) is 24.7 Å². The van der Waals surface area contributed by atoms with Crippen LogP contribution in [0.25, 0.3) is 16.7 Å². The van der Waals surface area contributed by atoms with Crippen LogP contribution in [-0.4, -0.2) is 24.7 Å². The second kappa shape index (κ2) is 5.71. The molecule has 0 amide bonds. The van der Waals surface area contributed by atoms with E-state index in [2.05, 4.69) is 34.0 Å².